The summed E-state index contributed by atoms with van der Waals surface area (Å²) >= 11 is 1.52. The lowest BCUT2D eigenvalue weighted by Crippen LogP contribution is -2.46. The van der Waals surface area contributed by atoms with Crippen molar-refractivity contribution in [1.29, 1.82) is 0 Å². The van der Waals surface area contributed by atoms with Crippen molar-refractivity contribution in [2.45, 2.75) is 32.2 Å². The molecule has 1 aromatic heterocycles. The Balaban J connectivity index is 2.25. The van der Waals surface area contributed by atoms with E-state index in [0.29, 0.717) is 25.8 Å². The van der Waals surface area contributed by atoms with Crippen molar-refractivity contribution in [2.75, 3.05) is 6.54 Å². The van der Waals surface area contributed by atoms with E-state index in [4.69, 9.17) is 5.11 Å². The molecule has 1 aromatic rings. The van der Waals surface area contributed by atoms with Crippen molar-refractivity contribution in [3.63, 3.8) is 0 Å². The van der Waals surface area contributed by atoms with Crippen molar-refractivity contribution in [3.05, 3.63) is 16.6 Å². The molecule has 0 unspecified atom stereocenters. The molecule has 0 aliphatic rings. The van der Waals surface area contributed by atoms with E-state index in [1.54, 1.807) is 6.20 Å². The molecule has 1 heterocycles. The van der Waals surface area contributed by atoms with Crippen LogP contribution in [0.4, 0.5) is 4.79 Å². The molecule has 0 aliphatic carbocycles. The van der Waals surface area contributed by atoms with Crippen molar-refractivity contribution in [3.8, 4) is 0 Å². The van der Waals surface area contributed by atoms with Crippen LogP contribution in [-0.4, -0.2) is 34.7 Å². The number of urea groups is 1. The van der Waals surface area contributed by atoms with Gasteiger partial charge in [0.25, 0.3) is 0 Å². The van der Waals surface area contributed by atoms with Crippen molar-refractivity contribution >= 4 is 23.3 Å². The number of nitrogens with zero attached hydrogens (tertiary/aromatic N) is 1. The lowest BCUT2D eigenvalue weighted by molar-refractivity contribution is -0.139. The molecular weight excluding hydrogens is 254 g/mol. The van der Waals surface area contributed by atoms with Gasteiger partial charge in [-0.25, -0.2) is 14.6 Å². The third-order valence-electron chi connectivity index (χ3n) is 2.29. The van der Waals surface area contributed by atoms with Crippen molar-refractivity contribution < 1.29 is 14.7 Å². The zero-order valence-electron chi connectivity index (χ0n) is 10.2. The third kappa shape index (κ3) is 5.13. The highest BCUT2D eigenvalue weighted by Crippen LogP contribution is 2.03. The van der Waals surface area contributed by atoms with Gasteiger partial charge < -0.3 is 15.7 Å². The van der Waals surface area contributed by atoms with Crippen LogP contribution in [0, 0.1) is 0 Å². The van der Waals surface area contributed by atoms with Crippen LogP contribution in [0.25, 0.3) is 0 Å². The molecule has 3 N–H and O–H groups in total. The fourth-order valence-electron chi connectivity index (χ4n) is 1.41. The van der Waals surface area contributed by atoms with Gasteiger partial charge in [-0.1, -0.05) is 13.3 Å². The molecule has 0 fully saturated rings. The molecule has 0 bridgehead atoms. The van der Waals surface area contributed by atoms with E-state index in [9.17, 15) is 9.59 Å². The van der Waals surface area contributed by atoms with Gasteiger partial charge in [-0.3, -0.25) is 0 Å². The minimum Gasteiger partial charge on any atom is -0.480 e. The highest BCUT2D eigenvalue weighted by molar-refractivity contribution is 7.09. The number of hydrogen-bond donors (Lipinski definition) is 3. The second-order valence-corrected chi connectivity index (χ2v) is 4.73. The first-order chi connectivity index (χ1) is 8.63. The highest BCUT2D eigenvalue weighted by Gasteiger charge is 2.18. The maximum Gasteiger partial charge on any atom is 0.326 e. The van der Waals surface area contributed by atoms with Gasteiger partial charge in [0, 0.05) is 24.5 Å². The van der Waals surface area contributed by atoms with E-state index >= 15 is 0 Å². The van der Waals surface area contributed by atoms with E-state index in [2.05, 4.69) is 15.6 Å². The van der Waals surface area contributed by atoms with Crippen LogP contribution >= 0.6 is 11.3 Å². The molecule has 0 saturated heterocycles. The Morgan fingerprint density at radius 1 is 1.56 bits per heavy atom. The van der Waals surface area contributed by atoms with E-state index in [-0.39, 0.29) is 0 Å². The lowest BCUT2D eigenvalue weighted by atomic mass is 10.2. The summed E-state index contributed by atoms with van der Waals surface area (Å²) in [4.78, 5) is 26.4. The average molecular weight is 271 g/mol. The summed E-state index contributed by atoms with van der Waals surface area (Å²) in [6, 6.07) is -1.28. The maximum absolute atomic E-state index is 11.5. The summed E-state index contributed by atoms with van der Waals surface area (Å²) < 4.78 is 0. The van der Waals surface area contributed by atoms with Gasteiger partial charge in [-0.15, -0.1) is 11.3 Å². The van der Waals surface area contributed by atoms with Crippen LogP contribution in [0.5, 0.6) is 0 Å². The lowest BCUT2D eigenvalue weighted by Gasteiger charge is -2.13. The number of amides is 2. The number of hydrogen-bond acceptors (Lipinski definition) is 4. The fraction of sp³-hybridized carbons (Fsp3) is 0.545. The quantitative estimate of drug-likeness (QED) is 0.695. The summed E-state index contributed by atoms with van der Waals surface area (Å²) in [6.45, 7) is 2.32. The molecule has 18 heavy (non-hydrogen) atoms. The number of carbonyl (C=O) groups excluding carboxylic acids is 1. The zero-order valence-corrected chi connectivity index (χ0v) is 11.0. The first-order valence-corrected chi connectivity index (χ1v) is 6.67. The normalized spacial score (nSPS) is 11.8. The van der Waals surface area contributed by atoms with E-state index in [1.165, 1.54) is 11.3 Å². The van der Waals surface area contributed by atoms with E-state index < -0.39 is 18.0 Å². The summed E-state index contributed by atoms with van der Waals surface area (Å²) in [5.41, 5.74) is 0. The van der Waals surface area contributed by atoms with E-state index in [0.717, 1.165) is 5.01 Å². The summed E-state index contributed by atoms with van der Waals surface area (Å²) in [7, 11) is 0. The number of carboxylic acid groups (broad SMARTS) is 1. The highest BCUT2D eigenvalue weighted by atomic mass is 32.1. The molecule has 0 aliphatic heterocycles. The number of carboxylic acids is 1. The van der Waals surface area contributed by atoms with Gasteiger partial charge in [0.15, 0.2) is 0 Å². The summed E-state index contributed by atoms with van der Waals surface area (Å²) in [5, 5.41) is 16.7. The van der Waals surface area contributed by atoms with Gasteiger partial charge in [-0.2, -0.15) is 0 Å². The fourth-order valence-corrected chi connectivity index (χ4v) is 2.04. The molecule has 0 saturated carbocycles. The Bertz CT molecular complexity index is 381. The van der Waals surface area contributed by atoms with Crippen molar-refractivity contribution in [2.24, 2.45) is 0 Å². The number of aromatic nitrogens is 1. The smallest absolute Gasteiger partial charge is 0.326 e. The molecule has 6 nitrogen and oxygen atoms in total. The van der Waals surface area contributed by atoms with E-state index in [1.807, 2.05) is 12.3 Å². The molecule has 2 amide bonds. The maximum atomic E-state index is 11.5. The first-order valence-electron chi connectivity index (χ1n) is 5.79. The minimum atomic E-state index is -1.01. The SMILES string of the molecule is CCC[C@H](NC(=O)NCCc1nccs1)C(=O)O. The van der Waals surface area contributed by atoms with Gasteiger partial charge in [-0.05, 0) is 6.42 Å². The van der Waals surface area contributed by atoms with Crippen LogP contribution in [0.3, 0.4) is 0 Å². The molecule has 0 spiro atoms. The summed E-state index contributed by atoms with van der Waals surface area (Å²) in [6.07, 6.45) is 3.49. The number of thiazole rings is 1. The van der Waals surface area contributed by atoms with Crippen LogP contribution in [0.15, 0.2) is 11.6 Å². The molecule has 1 atom stereocenters. The number of aliphatic carboxylic acids is 1. The Morgan fingerprint density at radius 2 is 2.33 bits per heavy atom. The van der Waals surface area contributed by atoms with Gasteiger partial charge in [0.2, 0.25) is 0 Å². The predicted molar refractivity (Wildman–Crippen MR) is 68.7 cm³/mol. The number of carbonyl (C=O) groups is 2. The average Bonchev–Trinajstić information content (AvgIpc) is 2.81. The molecule has 7 heteroatoms. The molecule has 0 aromatic carbocycles. The summed E-state index contributed by atoms with van der Waals surface area (Å²) in [5.74, 6) is -1.01. The van der Waals surface area contributed by atoms with Gasteiger partial charge in [0.05, 0.1) is 5.01 Å². The molecule has 1 rings (SSSR count). The molecular formula is C11H17N3O3S. The Morgan fingerprint density at radius 3 is 2.89 bits per heavy atom. The topological polar surface area (TPSA) is 91.3 Å². The van der Waals surface area contributed by atoms with Crippen LogP contribution in [0.1, 0.15) is 24.8 Å². The second-order valence-electron chi connectivity index (χ2n) is 3.76. The second kappa shape index (κ2) is 7.65. The first kappa shape index (κ1) is 14.4. The van der Waals surface area contributed by atoms with Crippen LogP contribution in [-0.2, 0) is 11.2 Å². The minimum absolute atomic E-state index is 0.426. The van der Waals surface area contributed by atoms with Crippen LogP contribution in [0.2, 0.25) is 0 Å². The molecule has 0 radical (unpaired) electrons. The Kier molecular flexibility index (Phi) is 6.13. The Labute approximate surface area is 109 Å². The van der Waals surface area contributed by atoms with Gasteiger partial charge >= 0.3 is 12.0 Å². The van der Waals surface area contributed by atoms with Gasteiger partial charge in [0.1, 0.15) is 6.04 Å². The largest absolute Gasteiger partial charge is 0.480 e. The van der Waals surface area contributed by atoms with Crippen LogP contribution < -0.4 is 10.6 Å². The van der Waals surface area contributed by atoms with Crippen molar-refractivity contribution in [1.82, 2.24) is 15.6 Å². The number of nitrogens with one attached hydrogen (secondary N) is 2. The Hall–Kier alpha value is -1.63. The standard InChI is InChI=1S/C11H17N3O3S/c1-2-3-8(10(15)16)14-11(17)13-5-4-9-12-6-7-18-9/h6-8H,2-5H2,1H3,(H,15,16)(H2,13,14,17)/t8-/m0/s1. The monoisotopic (exact) mass is 271 g/mol. The number of rotatable bonds is 7. The zero-order chi connectivity index (χ0) is 13.4. The third-order valence-corrected chi connectivity index (χ3v) is 3.13. The molecule has 100 valence electrons. The predicted octanol–water partition coefficient (Wildman–Crippen LogP) is 1.24.